The Morgan fingerprint density at radius 2 is 1.59 bits per heavy atom. The molecule has 0 aliphatic heterocycles. The van der Waals surface area contributed by atoms with E-state index in [9.17, 15) is 8.42 Å². The van der Waals surface area contributed by atoms with Gasteiger partial charge in [0.15, 0.2) is 0 Å². The highest BCUT2D eigenvalue weighted by atomic mass is 32.2. The first-order valence-electron chi connectivity index (χ1n) is 9.91. The van der Waals surface area contributed by atoms with Crippen LogP contribution in [0.3, 0.4) is 0 Å². The molecule has 0 fully saturated rings. The molecule has 0 unspecified atom stereocenters. The zero-order chi connectivity index (χ0) is 22.0. The number of rotatable bonds is 6. The summed E-state index contributed by atoms with van der Waals surface area (Å²) in [4.78, 5) is 8.60. The van der Waals surface area contributed by atoms with E-state index in [1.54, 1.807) is 54.9 Å². The summed E-state index contributed by atoms with van der Waals surface area (Å²) < 4.78 is 34.2. The van der Waals surface area contributed by atoms with Crippen molar-refractivity contribution in [3.05, 3.63) is 103 Å². The Hall–Kier alpha value is -4.04. The Morgan fingerprint density at radius 3 is 2.44 bits per heavy atom. The molecular weight excluding hydrogens is 424 g/mol. The number of nitrogens with zero attached hydrogens (tertiary/aromatic N) is 3. The fraction of sp³-hybridized carbons (Fsp3) is 0.0417. The van der Waals surface area contributed by atoms with Crippen molar-refractivity contribution >= 4 is 26.5 Å². The minimum Gasteiger partial charge on any atom is -0.339 e. The molecule has 8 heteroatoms. The van der Waals surface area contributed by atoms with Gasteiger partial charge in [0.2, 0.25) is 11.7 Å². The molecule has 0 atom stereocenters. The number of para-hydroxylation sites is 1. The number of hydrogen-bond donors (Lipinski definition) is 1. The van der Waals surface area contributed by atoms with E-state index >= 15 is 0 Å². The Labute approximate surface area is 184 Å². The first-order chi connectivity index (χ1) is 15.6. The lowest BCUT2D eigenvalue weighted by Crippen LogP contribution is -2.14. The maximum absolute atomic E-state index is 13.1. The molecule has 32 heavy (non-hydrogen) atoms. The Bertz CT molecular complexity index is 1500. The summed E-state index contributed by atoms with van der Waals surface area (Å²) in [6.45, 7) is 0. The second kappa shape index (κ2) is 8.24. The van der Waals surface area contributed by atoms with E-state index < -0.39 is 10.0 Å². The van der Waals surface area contributed by atoms with Gasteiger partial charge in [-0.25, -0.2) is 8.42 Å². The van der Waals surface area contributed by atoms with Crippen LogP contribution in [-0.2, 0) is 16.4 Å². The van der Waals surface area contributed by atoms with Gasteiger partial charge in [0, 0.05) is 18.0 Å². The lowest BCUT2D eigenvalue weighted by Gasteiger charge is -2.12. The zero-order valence-corrected chi connectivity index (χ0v) is 17.7. The van der Waals surface area contributed by atoms with Gasteiger partial charge in [0.25, 0.3) is 10.0 Å². The van der Waals surface area contributed by atoms with E-state index in [-0.39, 0.29) is 11.3 Å². The second-order valence-corrected chi connectivity index (χ2v) is 8.88. The quantitative estimate of drug-likeness (QED) is 0.410. The van der Waals surface area contributed by atoms with Crippen LogP contribution in [-0.4, -0.2) is 23.5 Å². The smallest absolute Gasteiger partial charge is 0.261 e. The minimum absolute atomic E-state index is 0.198. The maximum Gasteiger partial charge on any atom is 0.261 e. The minimum atomic E-state index is -3.78. The highest BCUT2D eigenvalue weighted by Crippen LogP contribution is 2.25. The van der Waals surface area contributed by atoms with Crippen LogP contribution in [0, 0.1) is 0 Å². The van der Waals surface area contributed by atoms with Gasteiger partial charge >= 0.3 is 0 Å². The monoisotopic (exact) mass is 442 g/mol. The number of benzene rings is 3. The molecule has 158 valence electrons. The molecule has 7 nitrogen and oxygen atoms in total. The molecule has 0 amide bonds. The predicted octanol–water partition coefficient (Wildman–Crippen LogP) is 4.68. The summed E-state index contributed by atoms with van der Waals surface area (Å²) in [5, 5.41) is 5.85. The summed E-state index contributed by atoms with van der Waals surface area (Å²) in [6.07, 6.45) is 3.60. The van der Waals surface area contributed by atoms with Crippen LogP contribution in [0.15, 0.2) is 101 Å². The van der Waals surface area contributed by atoms with Crippen LogP contribution < -0.4 is 4.72 Å². The molecule has 3 aromatic carbocycles. The van der Waals surface area contributed by atoms with Crippen LogP contribution in [0.4, 0.5) is 5.69 Å². The molecule has 0 aliphatic rings. The zero-order valence-electron chi connectivity index (χ0n) is 16.8. The number of fused-ring (bicyclic) bond motifs is 1. The van der Waals surface area contributed by atoms with Crippen molar-refractivity contribution in [1.82, 2.24) is 15.1 Å². The van der Waals surface area contributed by atoms with E-state index in [4.69, 9.17) is 4.52 Å². The third-order valence-electron chi connectivity index (χ3n) is 5.04. The summed E-state index contributed by atoms with van der Waals surface area (Å²) in [6, 6.07) is 23.4. The molecule has 0 spiro atoms. The standard InChI is InChI=1S/C24H18N4O3S/c29-32(30,21-10-9-17-5-1-2-6-19(17)15-21)28-22-8-4-3-7-20(22)16-23-26-24(27-31-23)18-11-13-25-14-12-18/h1-15,28H,16H2. The second-order valence-electron chi connectivity index (χ2n) is 7.20. The van der Waals surface area contributed by atoms with E-state index in [1.165, 1.54) is 0 Å². The van der Waals surface area contributed by atoms with Crippen LogP contribution >= 0.6 is 0 Å². The van der Waals surface area contributed by atoms with Gasteiger partial charge in [-0.05, 0) is 46.7 Å². The lowest BCUT2D eigenvalue weighted by molar-refractivity contribution is 0.386. The maximum atomic E-state index is 13.1. The third kappa shape index (κ3) is 4.08. The molecule has 0 saturated carbocycles. The van der Waals surface area contributed by atoms with E-state index in [2.05, 4.69) is 19.8 Å². The number of pyridine rings is 1. The van der Waals surface area contributed by atoms with Crippen molar-refractivity contribution in [3.8, 4) is 11.4 Å². The van der Waals surface area contributed by atoms with Gasteiger partial charge < -0.3 is 4.52 Å². The molecule has 0 saturated heterocycles. The Balaban J connectivity index is 1.41. The molecule has 1 N–H and O–H groups in total. The molecule has 5 aromatic rings. The average molecular weight is 443 g/mol. The van der Waals surface area contributed by atoms with Crippen LogP contribution in [0.25, 0.3) is 22.2 Å². The topological polar surface area (TPSA) is 98.0 Å². The van der Waals surface area contributed by atoms with Gasteiger partial charge in [-0.1, -0.05) is 53.7 Å². The summed E-state index contributed by atoms with van der Waals surface area (Å²) in [5.41, 5.74) is 1.98. The van der Waals surface area contributed by atoms with Crippen LogP contribution in [0.1, 0.15) is 11.5 Å². The van der Waals surface area contributed by atoms with Gasteiger partial charge in [-0.2, -0.15) is 4.98 Å². The van der Waals surface area contributed by atoms with E-state index in [0.29, 0.717) is 17.4 Å². The van der Waals surface area contributed by atoms with Crippen molar-refractivity contribution in [1.29, 1.82) is 0 Å². The van der Waals surface area contributed by atoms with Crippen molar-refractivity contribution in [2.45, 2.75) is 11.3 Å². The lowest BCUT2D eigenvalue weighted by atomic mass is 10.1. The fourth-order valence-corrected chi connectivity index (χ4v) is 4.56. The largest absolute Gasteiger partial charge is 0.339 e. The molecule has 0 radical (unpaired) electrons. The van der Waals surface area contributed by atoms with Crippen molar-refractivity contribution in [3.63, 3.8) is 0 Å². The van der Waals surface area contributed by atoms with Gasteiger partial charge in [-0.3, -0.25) is 9.71 Å². The van der Waals surface area contributed by atoms with E-state index in [1.807, 2.05) is 36.4 Å². The summed E-state index contributed by atoms with van der Waals surface area (Å²) >= 11 is 0. The molecule has 2 heterocycles. The predicted molar refractivity (Wildman–Crippen MR) is 122 cm³/mol. The van der Waals surface area contributed by atoms with Crippen molar-refractivity contribution in [2.24, 2.45) is 0 Å². The van der Waals surface area contributed by atoms with Crippen LogP contribution in [0.2, 0.25) is 0 Å². The van der Waals surface area contributed by atoms with Gasteiger partial charge in [-0.15, -0.1) is 0 Å². The number of anilines is 1. The molecule has 5 rings (SSSR count). The number of hydrogen-bond acceptors (Lipinski definition) is 6. The normalized spacial score (nSPS) is 11.5. The fourth-order valence-electron chi connectivity index (χ4n) is 3.42. The van der Waals surface area contributed by atoms with Crippen molar-refractivity contribution < 1.29 is 12.9 Å². The highest BCUT2D eigenvalue weighted by Gasteiger charge is 2.18. The average Bonchev–Trinajstić information content (AvgIpc) is 3.29. The summed E-state index contributed by atoms with van der Waals surface area (Å²) in [7, 11) is -3.78. The molecule has 2 aromatic heterocycles. The number of aromatic nitrogens is 3. The number of sulfonamides is 1. The van der Waals surface area contributed by atoms with Gasteiger partial charge in [0.1, 0.15) is 0 Å². The molecule has 0 bridgehead atoms. The molecular formula is C24H18N4O3S. The molecule has 0 aliphatic carbocycles. The first-order valence-corrected chi connectivity index (χ1v) is 11.4. The van der Waals surface area contributed by atoms with E-state index in [0.717, 1.165) is 21.9 Å². The Morgan fingerprint density at radius 1 is 0.844 bits per heavy atom. The highest BCUT2D eigenvalue weighted by molar-refractivity contribution is 7.92. The van der Waals surface area contributed by atoms with Crippen molar-refractivity contribution in [2.75, 3.05) is 4.72 Å². The third-order valence-corrected chi connectivity index (χ3v) is 6.40. The summed E-state index contributed by atoms with van der Waals surface area (Å²) in [5.74, 6) is 0.839. The first kappa shape index (κ1) is 19.9. The SMILES string of the molecule is O=S(=O)(Nc1ccccc1Cc1nc(-c2ccncc2)no1)c1ccc2ccccc2c1. The van der Waals surface area contributed by atoms with Gasteiger partial charge in [0.05, 0.1) is 17.0 Å². The van der Waals surface area contributed by atoms with Crippen LogP contribution in [0.5, 0.6) is 0 Å². The Kier molecular flexibility index (Phi) is 5.12. The number of nitrogens with one attached hydrogen (secondary N) is 1.